The molecule has 0 aromatic heterocycles. The molecule has 2 heterocycles. The first-order chi connectivity index (χ1) is 7.27. The Morgan fingerprint density at radius 3 is 3.00 bits per heavy atom. The van der Waals surface area contributed by atoms with Crippen molar-refractivity contribution in [1.29, 1.82) is 0 Å². The molecule has 4 heteroatoms. The molecule has 0 aliphatic carbocycles. The van der Waals surface area contributed by atoms with Crippen molar-refractivity contribution < 1.29 is 4.79 Å². The third-order valence-corrected chi connectivity index (χ3v) is 4.71. The molecule has 2 rings (SSSR count). The molecule has 86 valence electrons. The van der Waals surface area contributed by atoms with Crippen LogP contribution in [0.15, 0.2) is 0 Å². The van der Waals surface area contributed by atoms with E-state index in [9.17, 15) is 4.79 Å². The fraction of sp³-hybridized carbons (Fsp3) is 0.909. The van der Waals surface area contributed by atoms with E-state index in [2.05, 4.69) is 17.6 Å². The summed E-state index contributed by atoms with van der Waals surface area (Å²) in [6, 6.07) is 0.389. The highest BCUT2D eigenvalue weighted by molar-refractivity contribution is 8.00. The Bertz CT molecular complexity index is 229. The van der Waals surface area contributed by atoms with E-state index in [1.165, 1.54) is 6.42 Å². The second-order valence-electron chi connectivity index (χ2n) is 4.59. The van der Waals surface area contributed by atoms with Gasteiger partial charge in [0.15, 0.2) is 0 Å². The Morgan fingerprint density at radius 1 is 1.47 bits per heavy atom. The zero-order chi connectivity index (χ0) is 10.7. The first kappa shape index (κ1) is 11.3. The summed E-state index contributed by atoms with van der Waals surface area (Å²) in [5.74, 6) is 1.99. The van der Waals surface area contributed by atoms with Gasteiger partial charge in [0, 0.05) is 6.04 Å². The minimum Gasteiger partial charge on any atom is -0.352 e. The van der Waals surface area contributed by atoms with Gasteiger partial charge in [0.25, 0.3) is 0 Å². The first-order valence-corrected chi connectivity index (χ1v) is 6.95. The van der Waals surface area contributed by atoms with Crippen LogP contribution in [0.1, 0.15) is 26.2 Å². The second-order valence-corrected chi connectivity index (χ2v) is 5.90. The number of carbonyl (C=O) groups is 1. The number of amides is 1. The maximum absolute atomic E-state index is 11.9. The van der Waals surface area contributed by atoms with Crippen LogP contribution in [-0.2, 0) is 4.79 Å². The minimum atomic E-state index is 0.229. The smallest absolute Gasteiger partial charge is 0.233 e. The number of nitrogens with one attached hydrogen (secondary N) is 2. The lowest BCUT2D eigenvalue weighted by Crippen LogP contribution is -2.50. The topological polar surface area (TPSA) is 41.1 Å². The third kappa shape index (κ3) is 2.88. The van der Waals surface area contributed by atoms with Gasteiger partial charge in [-0.3, -0.25) is 4.79 Å². The van der Waals surface area contributed by atoms with E-state index in [-0.39, 0.29) is 11.2 Å². The number of hydrogen-bond donors (Lipinski definition) is 2. The van der Waals surface area contributed by atoms with Crippen molar-refractivity contribution in [2.24, 2.45) is 5.92 Å². The Labute approximate surface area is 95.8 Å². The van der Waals surface area contributed by atoms with Gasteiger partial charge in [0.05, 0.1) is 5.25 Å². The van der Waals surface area contributed by atoms with Crippen LogP contribution in [0.3, 0.4) is 0 Å². The van der Waals surface area contributed by atoms with Crippen LogP contribution >= 0.6 is 11.8 Å². The molecule has 2 aliphatic rings. The molecule has 0 spiro atoms. The average molecular weight is 228 g/mol. The molecule has 0 radical (unpaired) electrons. The van der Waals surface area contributed by atoms with Gasteiger partial charge in [-0.2, -0.15) is 0 Å². The lowest BCUT2D eigenvalue weighted by atomic mass is 9.95. The van der Waals surface area contributed by atoms with Crippen LogP contribution in [0.4, 0.5) is 0 Å². The number of rotatable bonds is 2. The molecule has 0 aromatic carbocycles. The molecule has 3 unspecified atom stereocenters. The largest absolute Gasteiger partial charge is 0.352 e. The summed E-state index contributed by atoms with van der Waals surface area (Å²) in [6.07, 6.45) is 3.34. The molecule has 0 bridgehead atoms. The lowest BCUT2D eigenvalue weighted by Gasteiger charge is -2.30. The zero-order valence-corrected chi connectivity index (χ0v) is 10.1. The predicted molar refractivity (Wildman–Crippen MR) is 64.1 cm³/mol. The van der Waals surface area contributed by atoms with E-state index in [1.54, 1.807) is 0 Å². The van der Waals surface area contributed by atoms with Gasteiger partial charge >= 0.3 is 0 Å². The van der Waals surface area contributed by atoms with Crippen LogP contribution in [0.2, 0.25) is 0 Å². The Balaban J connectivity index is 1.81. The van der Waals surface area contributed by atoms with Gasteiger partial charge in [-0.05, 0) is 44.0 Å². The van der Waals surface area contributed by atoms with Gasteiger partial charge < -0.3 is 10.6 Å². The van der Waals surface area contributed by atoms with Crippen molar-refractivity contribution in [1.82, 2.24) is 10.6 Å². The monoisotopic (exact) mass is 228 g/mol. The van der Waals surface area contributed by atoms with Crippen molar-refractivity contribution in [2.45, 2.75) is 37.5 Å². The standard InChI is InChI=1S/C11H20N2OS/c1-8-7-12-5-4-9(8)13-11(14)10-3-2-6-15-10/h8-10,12H,2-7H2,1H3,(H,13,14). The van der Waals surface area contributed by atoms with E-state index in [0.717, 1.165) is 31.7 Å². The molecule has 0 aromatic rings. The highest BCUT2D eigenvalue weighted by Crippen LogP contribution is 2.26. The summed E-state index contributed by atoms with van der Waals surface area (Å²) in [5, 5.41) is 6.79. The number of carbonyl (C=O) groups excluding carboxylic acids is 1. The van der Waals surface area contributed by atoms with Crippen molar-refractivity contribution in [3.8, 4) is 0 Å². The van der Waals surface area contributed by atoms with E-state index < -0.39 is 0 Å². The van der Waals surface area contributed by atoms with E-state index in [1.807, 2.05) is 11.8 Å². The summed E-state index contributed by atoms with van der Waals surface area (Å²) < 4.78 is 0. The van der Waals surface area contributed by atoms with Crippen molar-refractivity contribution in [2.75, 3.05) is 18.8 Å². The van der Waals surface area contributed by atoms with Crippen LogP contribution in [0.25, 0.3) is 0 Å². The third-order valence-electron chi connectivity index (χ3n) is 3.34. The molecular weight excluding hydrogens is 208 g/mol. The second kappa shape index (κ2) is 5.21. The zero-order valence-electron chi connectivity index (χ0n) is 9.29. The van der Waals surface area contributed by atoms with E-state index in [4.69, 9.17) is 0 Å². The lowest BCUT2D eigenvalue weighted by molar-refractivity contribution is -0.121. The molecule has 2 fully saturated rings. The normalized spacial score (nSPS) is 36.5. The predicted octanol–water partition coefficient (Wildman–Crippen LogP) is 0.996. The van der Waals surface area contributed by atoms with E-state index >= 15 is 0 Å². The fourth-order valence-corrected chi connectivity index (χ4v) is 3.46. The molecule has 2 aliphatic heterocycles. The first-order valence-electron chi connectivity index (χ1n) is 5.90. The molecular formula is C11H20N2OS. The highest BCUT2D eigenvalue weighted by atomic mass is 32.2. The molecule has 3 nitrogen and oxygen atoms in total. The maximum Gasteiger partial charge on any atom is 0.233 e. The maximum atomic E-state index is 11.9. The van der Waals surface area contributed by atoms with Gasteiger partial charge in [-0.1, -0.05) is 6.92 Å². The van der Waals surface area contributed by atoms with Crippen LogP contribution < -0.4 is 10.6 Å². The molecule has 2 N–H and O–H groups in total. The van der Waals surface area contributed by atoms with Gasteiger partial charge in [0.2, 0.25) is 5.91 Å². The quantitative estimate of drug-likeness (QED) is 0.741. The summed E-state index contributed by atoms with van der Waals surface area (Å²) >= 11 is 1.81. The molecule has 0 saturated carbocycles. The molecule has 1 amide bonds. The molecule has 2 saturated heterocycles. The van der Waals surface area contributed by atoms with Gasteiger partial charge in [-0.15, -0.1) is 11.8 Å². The number of thioether (sulfide) groups is 1. The summed E-state index contributed by atoms with van der Waals surface area (Å²) in [4.78, 5) is 11.9. The Hall–Kier alpha value is -0.220. The van der Waals surface area contributed by atoms with E-state index in [0.29, 0.717) is 12.0 Å². The summed E-state index contributed by atoms with van der Waals surface area (Å²) in [5.41, 5.74) is 0. The SMILES string of the molecule is CC1CNCCC1NC(=O)C1CCCS1. The fourth-order valence-electron chi connectivity index (χ4n) is 2.29. The summed E-state index contributed by atoms with van der Waals surface area (Å²) in [6.45, 7) is 4.27. The Kier molecular flexibility index (Phi) is 3.92. The Morgan fingerprint density at radius 2 is 2.33 bits per heavy atom. The summed E-state index contributed by atoms with van der Waals surface area (Å²) in [7, 11) is 0. The van der Waals surface area contributed by atoms with Crippen molar-refractivity contribution in [3.63, 3.8) is 0 Å². The van der Waals surface area contributed by atoms with Gasteiger partial charge in [0.1, 0.15) is 0 Å². The number of piperidine rings is 1. The van der Waals surface area contributed by atoms with Crippen LogP contribution in [-0.4, -0.2) is 36.0 Å². The minimum absolute atomic E-state index is 0.229. The highest BCUT2D eigenvalue weighted by Gasteiger charge is 2.28. The van der Waals surface area contributed by atoms with Crippen LogP contribution in [0.5, 0.6) is 0 Å². The van der Waals surface area contributed by atoms with Crippen molar-refractivity contribution >= 4 is 17.7 Å². The van der Waals surface area contributed by atoms with Crippen LogP contribution in [0, 0.1) is 5.92 Å². The average Bonchev–Trinajstić information content (AvgIpc) is 2.74. The van der Waals surface area contributed by atoms with Crippen molar-refractivity contribution in [3.05, 3.63) is 0 Å². The molecule has 15 heavy (non-hydrogen) atoms. The molecule has 3 atom stereocenters. The number of hydrogen-bond acceptors (Lipinski definition) is 3. The van der Waals surface area contributed by atoms with Gasteiger partial charge in [-0.25, -0.2) is 0 Å².